The van der Waals surface area contributed by atoms with Crippen molar-refractivity contribution >= 4 is 17.6 Å². The molecule has 1 aromatic heterocycles. The number of nitrogens with zero attached hydrogens (tertiary/aromatic N) is 3. The van der Waals surface area contributed by atoms with Crippen LogP contribution < -0.4 is 5.73 Å². The fourth-order valence-electron chi connectivity index (χ4n) is 1.40. The van der Waals surface area contributed by atoms with Crippen LogP contribution in [-0.4, -0.2) is 20.6 Å². The summed E-state index contributed by atoms with van der Waals surface area (Å²) in [6.07, 6.45) is 3.20. The monoisotopic (exact) mass is 284 g/mol. The maximum atomic E-state index is 13.8. The Hall–Kier alpha value is -2.09. The smallest absolute Gasteiger partial charge is 0.172 e. The van der Waals surface area contributed by atoms with Gasteiger partial charge >= 0.3 is 0 Å². The summed E-state index contributed by atoms with van der Waals surface area (Å²) >= 11 is 0.861. The van der Waals surface area contributed by atoms with E-state index in [-0.39, 0.29) is 16.3 Å². The second-order valence-corrected chi connectivity index (χ2v) is 4.65. The maximum Gasteiger partial charge on any atom is 0.172 e. The molecule has 0 bridgehead atoms. The maximum absolute atomic E-state index is 13.8. The Labute approximate surface area is 111 Å². The van der Waals surface area contributed by atoms with Gasteiger partial charge in [0.1, 0.15) is 11.6 Å². The number of benzene rings is 1. The third-order valence-corrected chi connectivity index (χ3v) is 3.54. The molecule has 8 heteroatoms. The van der Waals surface area contributed by atoms with Crippen LogP contribution in [0.15, 0.2) is 39.7 Å². The minimum atomic E-state index is -0.797. The van der Waals surface area contributed by atoms with Gasteiger partial charge in [-0.15, -0.1) is 0 Å². The molecule has 1 aromatic carbocycles. The van der Waals surface area contributed by atoms with Crippen molar-refractivity contribution in [3.05, 3.63) is 41.7 Å². The molecule has 2 rings (SSSR count). The molecule has 100 valence electrons. The summed E-state index contributed by atoms with van der Waals surface area (Å²) in [5, 5.41) is 11.6. The Morgan fingerprint density at radius 2 is 2.05 bits per heavy atom. The van der Waals surface area contributed by atoms with Crippen LogP contribution in [0.5, 0.6) is 0 Å². The van der Waals surface area contributed by atoms with Crippen LogP contribution in [-0.2, 0) is 7.05 Å². The molecular formula is C11H10F2N4OS. The minimum absolute atomic E-state index is 0.0262. The van der Waals surface area contributed by atoms with Crippen LogP contribution in [0.3, 0.4) is 0 Å². The molecule has 0 aliphatic rings. The topological polar surface area (TPSA) is 76.4 Å². The van der Waals surface area contributed by atoms with Crippen molar-refractivity contribution < 1.29 is 14.0 Å². The van der Waals surface area contributed by atoms with Gasteiger partial charge in [0, 0.05) is 25.0 Å². The first kappa shape index (κ1) is 13.3. The van der Waals surface area contributed by atoms with Crippen LogP contribution in [0.1, 0.15) is 5.56 Å². The fraction of sp³-hybridized carbons (Fsp3) is 0.0909. The first-order valence-electron chi connectivity index (χ1n) is 5.15. The first-order chi connectivity index (χ1) is 9.02. The Kier molecular flexibility index (Phi) is 3.70. The van der Waals surface area contributed by atoms with E-state index >= 15 is 0 Å². The molecule has 0 amide bonds. The van der Waals surface area contributed by atoms with E-state index in [9.17, 15) is 8.78 Å². The molecule has 0 fully saturated rings. The van der Waals surface area contributed by atoms with Gasteiger partial charge in [-0.2, -0.15) is 0 Å². The zero-order valence-corrected chi connectivity index (χ0v) is 10.7. The van der Waals surface area contributed by atoms with Crippen molar-refractivity contribution in [2.45, 2.75) is 10.1 Å². The van der Waals surface area contributed by atoms with Crippen molar-refractivity contribution in [3.8, 4) is 0 Å². The highest BCUT2D eigenvalue weighted by Gasteiger charge is 2.16. The van der Waals surface area contributed by atoms with E-state index in [0.29, 0.717) is 5.16 Å². The highest BCUT2D eigenvalue weighted by molar-refractivity contribution is 7.99. The summed E-state index contributed by atoms with van der Waals surface area (Å²) in [4.78, 5) is 3.78. The number of nitrogens with two attached hydrogens (primary N) is 1. The van der Waals surface area contributed by atoms with Gasteiger partial charge in [-0.25, -0.2) is 13.8 Å². The number of hydrogen-bond acceptors (Lipinski definition) is 4. The molecule has 19 heavy (non-hydrogen) atoms. The van der Waals surface area contributed by atoms with E-state index in [2.05, 4.69) is 10.1 Å². The average molecular weight is 284 g/mol. The van der Waals surface area contributed by atoms with Gasteiger partial charge in [0.25, 0.3) is 0 Å². The SMILES string of the molecule is Cn1ccnc1Sc1c(F)cc(/C(N)=N/O)cc1F. The van der Waals surface area contributed by atoms with Crippen molar-refractivity contribution in [1.29, 1.82) is 0 Å². The second kappa shape index (κ2) is 5.27. The Morgan fingerprint density at radius 1 is 1.42 bits per heavy atom. The second-order valence-electron chi connectivity index (χ2n) is 3.68. The van der Waals surface area contributed by atoms with E-state index in [1.165, 1.54) is 6.20 Å². The van der Waals surface area contributed by atoms with Gasteiger partial charge in [0.2, 0.25) is 0 Å². The summed E-state index contributed by atoms with van der Waals surface area (Å²) in [7, 11) is 1.72. The molecular weight excluding hydrogens is 274 g/mol. The number of rotatable bonds is 3. The van der Waals surface area contributed by atoms with Crippen LogP contribution in [0, 0.1) is 11.6 Å². The summed E-state index contributed by atoms with van der Waals surface area (Å²) in [5.41, 5.74) is 5.26. The highest BCUT2D eigenvalue weighted by atomic mass is 32.2. The Balaban J connectivity index is 2.40. The molecule has 3 N–H and O–H groups in total. The van der Waals surface area contributed by atoms with E-state index in [4.69, 9.17) is 10.9 Å². The normalized spacial score (nSPS) is 11.8. The lowest BCUT2D eigenvalue weighted by atomic mass is 10.2. The van der Waals surface area contributed by atoms with Crippen LogP contribution in [0.2, 0.25) is 0 Å². The largest absolute Gasteiger partial charge is 0.409 e. The molecule has 0 saturated carbocycles. The summed E-state index contributed by atoms with van der Waals surface area (Å²) in [5.74, 6) is -1.95. The van der Waals surface area contributed by atoms with Gasteiger partial charge in [-0.1, -0.05) is 5.16 Å². The number of oxime groups is 1. The Morgan fingerprint density at radius 3 is 2.53 bits per heavy atom. The molecule has 0 aliphatic heterocycles. The third-order valence-electron chi connectivity index (χ3n) is 2.37. The molecule has 0 saturated heterocycles. The summed E-state index contributed by atoms with van der Waals surface area (Å²) in [6.45, 7) is 0. The number of aryl methyl sites for hydroxylation is 1. The summed E-state index contributed by atoms with van der Waals surface area (Å²) < 4.78 is 29.3. The number of aromatic nitrogens is 2. The summed E-state index contributed by atoms with van der Waals surface area (Å²) in [6, 6.07) is 2.01. The number of amidine groups is 1. The van der Waals surface area contributed by atoms with Gasteiger partial charge in [-0.3, -0.25) is 0 Å². The van der Waals surface area contributed by atoms with Gasteiger partial charge in [0.05, 0.1) is 4.90 Å². The van der Waals surface area contributed by atoms with E-state index in [0.717, 1.165) is 23.9 Å². The van der Waals surface area contributed by atoms with Gasteiger partial charge in [-0.05, 0) is 23.9 Å². The fourth-order valence-corrected chi connectivity index (χ4v) is 2.22. The predicted octanol–water partition coefficient (Wildman–Crippen LogP) is 1.94. The molecule has 5 nitrogen and oxygen atoms in total. The molecule has 0 aliphatic carbocycles. The number of hydrogen-bond donors (Lipinski definition) is 2. The van der Waals surface area contributed by atoms with E-state index in [1.54, 1.807) is 17.8 Å². The molecule has 0 spiro atoms. The standard InChI is InChI=1S/C11H10F2N4OS/c1-17-3-2-15-11(17)19-9-7(12)4-6(5-8(9)13)10(14)16-18/h2-5,18H,1H3,(H2,14,16). The van der Waals surface area contributed by atoms with Crippen LogP contribution in [0.25, 0.3) is 0 Å². The third kappa shape index (κ3) is 2.68. The lowest BCUT2D eigenvalue weighted by molar-refractivity contribution is 0.318. The van der Waals surface area contributed by atoms with Gasteiger partial charge < -0.3 is 15.5 Å². The molecule has 0 unspecified atom stereocenters. The quantitative estimate of drug-likeness (QED) is 0.391. The van der Waals surface area contributed by atoms with Crippen molar-refractivity contribution in [3.63, 3.8) is 0 Å². The zero-order chi connectivity index (χ0) is 14.0. The van der Waals surface area contributed by atoms with Crippen molar-refractivity contribution in [1.82, 2.24) is 9.55 Å². The minimum Gasteiger partial charge on any atom is -0.409 e. The molecule has 1 heterocycles. The van der Waals surface area contributed by atoms with Crippen molar-refractivity contribution in [2.75, 3.05) is 0 Å². The Bertz CT molecular complexity index is 618. The highest BCUT2D eigenvalue weighted by Crippen LogP contribution is 2.31. The predicted molar refractivity (Wildman–Crippen MR) is 66.2 cm³/mol. The average Bonchev–Trinajstić information content (AvgIpc) is 2.78. The zero-order valence-electron chi connectivity index (χ0n) is 9.84. The first-order valence-corrected chi connectivity index (χ1v) is 5.96. The molecule has 2 aromatic rings. The number of imidazole rings is 1. The lowest BCUT2D eigenvalue weighted by Crippen LogP contribution is -2.14. The van der Waals surface area contributed by atoms with Gasteiger partial charge in [0.15, 0.2) is 11.0 Å². The van der Waals surface area contributed by atoms with E-state index in [1.807, 2.05) is 0 Å². The number of halogens is 2. The molecule has 0 atom stereocenters. The van der Waals surface area contributed by atoms with Crippen molar-refractivity contribution in [2.24, 2.45) is 17.9 Å². The van der Waals surface area contributed by atoms with E-state index < -0.39 is 11.6 Å². The van der Waals surface area contributed by atoms with Crippen LogP contribution in [0.4, 0.5) is 8.78 Å². The molecule has 0 radical (unpaired) electrons. The van der Waals surface area contributed by atoms with Crippen LogP contribution >= 0.6 is 11.8 Å². The lowest BCUT2D eigenvalue weighted by Gasteiger charge is -2.07.